The average molecular weight is 213 g/mol. The number of hydrogen-bond donors (Lipinski definition) is 2. The summed E-state index contributed by atoms with van der Waals surface area (Å²) in [6.45, 7) is 1.22. The van der Waals surface area contributed by atoms with Crippen molar-refractivity contribution in [2.45, 2.75) is 31.7 Å². The monoisotopic (exact) mass is 213 g/mol. The Morgan fingerprint density at radius 3 is 3.00 bits per heavy atom. The van der Waals surface area contributed by atoms with Crippen LogP contribution in [0.3, 0.4) is 0 Å². The van der Waals surface area contributed by atoms with Crippen molar-refractivity contribution in [3.05, 3.63) is 0 Å². The molecule has 2 fully saturated rings. The molecule has 0 bridgehead atoms. The summed E-state index contributed by atoms with van der Waals surface area (Å²) in [6.07, 6.45) is 2.57. The van der Waals surface area contributed by atoms with Crippen LogP contribution in [-0.4, -0.2) is 36.2 Å². The Morgan fingerprint density at radius 1 is 1.47 bits per heavy atom. The smallest absolute Gasteiger partial charge is 0.326 e. The highest BCUT2D eigenvalue weighted by molar-refractivity contribution is 5.89. The van der Waals surface area contributed by atoms with Crippen LogP contribution in [0.25, 0.3) is 0 Å². The fourth-order valence-corrected chi connectivity index (χ4v) is 2.60. The number of rotatable bonds is 1. The van der Waals surface area contributed by atoms with Gasteiger partial charge in [0.15, 0.2) is 0 Å². The van der Waals surface area contributed by atoms with Crippen molar-refractivity contribution in [1.82, 2.24) is 5.32 Å². The summed E-state index contributed by atoms with van der Waals surface area (Å²) in [5.74, 6) is -1.08. The average Bonchev–Trinajstić information content (AvgIpc) is 2.34. The topological polar surface area (TPSA) is 75.6 Å². The lowest BCUT2D eigenvalue weighted by Gasteiger charge is -2.29. The highest BCUT2D eigenvalue weighted by Gasteiger charge is 2.50. The molecular weight excluding hydrogens is 198 g/mol. The molecule has 2 saturated heterocycles. The van der Waals surface area contributed by atoms with Crippen molar-refractivity contribution < 1.29 is 19.4 Å². The molecule has 1 amide bonds. The standard InChI is InChI=1S/C10H15NO4/c12-7-6-10(8(11-7)9(13)14)2-1-4-15-5-3-10/h8H,1-6H2,(H,11,12)(H,13,14). The van der Waals surface area contributed by atoms with Crippen LogP contribution in [0.1, 0.15) is 25.7 Å². The van der Waals surface area contributed by atoms with Crippen LogP contribution in [-0.2, 0) is 14.3 Å². The summed E-state index contributed by atoms with van der Waals surface area (Å²) in [4.78, 5) is 22.4. The molecule has 2 atom stereocenters. The Labute approximate surface area is 87.8 Å². The van der Waals surface area contributed by atoms with Crippen LogP contribution in [0.4, 0.5) is 0 Å². The Bertz CT molecular complexity index is 281. The minimum absolute atomic E-state index is 0.149. The first kappa shape index (κ1) is 10.4. The molecule has 2 heterocycles. The van der Waals surface area contributed by atoms with Crippen LogP contribution in [0.2, 0.25) is 0 Å². The summed E-state index contributed by atoms with van der Waals surface area (Å²) in [6, 6.07) is -0.730. The van der Waals surface area contributed by atoms with Gasteiger partial charge in [-0.25, -0.2) is 4.79 Å². The van der Waals surface area contributed by atoms with Gasteiger partial charge in [0.25, 0.3) is 0 Å². The van der Waals surface area contributed by atoms with E-state index in [0.29, 0.717) is 26.1 Å². The van der Waals surface area contributed by atoms with Crippen LogP contribution in [0.5, 0.6) is 0 Å². The number of carbonyl (C=O) groups is 2. The number of carboxylic acid groups (broad SMARTS) is 1. The molecular formula is C10H15NO4. The highest BCUT2D eigenvalue weighted by Crippen LogP contribution is 2.41. The van der Waals surface area contributed by atoms with E-state index in [1.807, 2.05) is 0 Å². The number of carboxylic acids is 1. The largest absolute Gasteiger partial charge is 0.480 e. The first-order valence-electron chi connectivity index (χ1n) is 5.24. The Morgan fingerprint density at radius 2 is 2.27 bits per heavy atom. The Kier molecular flexibility index (Phi) is 2.65. The third kappa shape index (κ3) is 1.84. The zero-order valence-corrected chi connectivity index (χ0v) is 8.49. The van der Waals surface area contributed by atoms with Crippen molar-refractivity contribution in [1.29, 1.82) is 0 Å². The Balaban J connectivity index is 2.22. The van der Waals surface area contributed by atoms with Gasteiger partial charge >= 0.3 is 5.97 Å². The number of ether oxygens (including phenoxy) is 1. The lowest BCUT2D eigenvalue weighted by Crippen LogP contribution is -2.43. The third-order valence-corrected chi connectivity index (χ3v) is 3.38. The molecule has 5 nitrogen and oxygen atoms in total. The van der Waals surface area contributed by atoms with Gasteiger partial charge in [0.05, 0.1) is 0 Å². The maximum atomic E-state index is 11.3. The van der Waals surface area contributed by atoms with Crippen LogP contribution < -0.4 is 5.32 Å². The zero-order chi connectivity index (χ0) is 10.9. The van der Waals surface area contributed by atoms with E-state index in [1.54, 1.807) is 0 Å². The minimum atomic E-state index is -0.928. The van der Waals surface area contributed by atoms with Gasteiger partial charge in [0, 0.05) is 25.0 Å². The van der Waals surface area contributed by atoms with Crippen molar-refractivity contribution >= 4 is 11.9 Å². The van der Waals surface area contributed by atoms with Crippen molar-refractivity contribution in [2.24, 2.45) is 5.41 Å². The van der Waals surface area contributed by atoms with E-state index in [-0.39, 0.29) is 5.91 Å². The van der Waals surface area contributed by atoms with Gasteiger partial charge < -0.3 is 15.2 Å². The van der Waals surface area contributed by atoms with Crippen molar-refractivity contribution in [2.75, 3.05) is 13.2 Å². The second-order valence-corrected chi connectivity index (χ2v) is 4.34. The molecule has 15 heavy (non-hydrogen) atoms. The molecule has 0 radical (unpaired) electrons. The van der Waals surface area contributed by atoms with Gasteiger partial charge in [-0.3, -0.25) is 4.79 Å². The molecule has 0 aliphatic carbocycles. The van der Waals surface area contributed by atoms with E-state index in [9.17, 15) is 9.59 Å². The second kappa shape index (κ2) is 3.81. The number of nitrogens with one attached hydrogen (secondary N) is 1. The molecule has 0 aromatic carbocycles. The van der Waals surface area contributed by atoms with Gasteiger partial charge in [-0.15, -0.1) is 0 Å². The van der Waals surface area contributed by atoms with E-state index in [0.717, 1.165) is 12.8 Å². The number of hydrogen-bond acceptors (Lipinski definition) is 3. The molecule has 5 heteroatoms. The summed E-state index contributed by atoms with van der Waals surface area (Å²) < 4.78 is 5.31. The number of carbonyl (C=O) groups excluding carboxylic acids is 1. The quantitative estimate of drug-likeness (QED) is 0.650. The molecule has 0 aromatic rings. The molecule has 2 aliphatic rings. The molecule has 2 unspecified atom stereocenters. The number of aliphatic carboxylic acids is 1. The normalized spacial score (nSPS) is 36.3. The fourth-order valence-electron chi connectivity index (χ4n) is 2.60. The first-order chi connectivity index (χ1) is 7.14. The molecule has 0 aromatic heterocycles. The third-order valence-electron chi connectivity index (χ3n) is 3.38. The second-order valence-electron chi connectivity index (χ2n) is 4.34. The van der Waals surface area contributed by atoms with Gasteiger partial charge in [-0.05, 0) is 19.3 Å². The summed E-state index contributed by atoms with van der Waals surface area (Å²) >= 11 is 0. The van der Waals surface area contributed by atoms with Crippen molar-refractivity contribution in [3.63, 3.8) is 0 Å². The lowest BCUT2D eigenvalue weighted by molar-refractivity contribution is -0.142. The van der Waals surface area contributed by atoms with E-state index >= 15 is 0 Å². The summed E-state index contributed by atoms with van der Waals surface area (Å²) in [5.41, 5.74) is -0.417. The fraction of sp³-hybridized carbons (Fsp3) is 0.800. The first-order valence-corrected chi connectivity index (χ1v) is 5.24. The van der Waals surface area contributed by atoms with Gasteiger partial charge in [0.1, 0.15) is 6.04 Å². The van der Waals surface area contributed by atoms with Gasteiger partial charge in [0.2, 0.25) is 5.91 Å². The molecule has 2 rings (SSSR count). The minimum Gasteiger partial charge on any atom is -0.480 e. The molecule has 2 N–H and O–H groups in total. The number of amides is 1. The molecule has 84 valence electrons. The molecule has 2 aliphatic heterocycles. The van der Waals surface area contributed by atoms with E-state index in [1.165, 1.54) is 0 Å². The van der Waals surface area contributed by atoms with E-state index < -0.39 is 17.4 Å². The van der Waals surface area contributed by atoms with Gasteiger partial charge in [-0.2, -0.15) is 0 Å². The Hall–Kier alpha value is -1.10. The van der Waals surface area contributed by atoms with Crippen LogP contribution in [0.15, 0.2) is 0 Å². The predicted molar refractivity (Wildman–Crippen MR) is 51.3 cm³/mol. The SMILES string of the molecule is O=C1CC2(CCCOCC2)C(C(=O)O)N1. The zero-order valence-electron chi connectivity index (χ0n) is 8.49. The van der Waals surface area contributed by atoms with Crippen LogP contribution >= 0.6 is 0 Å². The molecule has 1 spiro atoms. The highest BCUT2D eigenvalue weighted by atomic mass is 16.5. The predicted octanol–water partition coefficient (Wildman–Crippen LogP) is 0.146. The van der Waals surface area contributed by atoms with E-state index in [2.05, 4.69) is 5.32 Å². The van der Waals surface area contributed by atoms with Crippen molar-refractivity contribution in [3.8, 4) is 0 Å². The van der Waals surface area contributed by atoms with Crippen LogP contribution in [0, 0.1) is 5.41 Å². The van der Waals surface area contributed by atoms with E-state index in [4.69, 9.17) is 9.84 Å². The molecule has 0 saturated carbocycles. The summed E-state index contributed by atoms with van der Waals surface area (Å²) in [5, 5.41) is 11.6. The summed E-state index contributed by atoms with van der Waals surface area (Å²) in [7, 11) is 0. The maximum Gasteiger partial charge on any atom is 0.326 e. The van der Waals surface area contributed by atoms with Gasteiger partial charge in [-0.1, -0.05) is 0 Å². The maximum absolute atomic E-state index is 11.3. The lowest BCUT2D eigenvalue weighted by atomic mass is 9.74.